The first-order valence-electron chi connectivity index (χ1n) is 9.48. The highest BCUT2D eigenvalue weighted by Gasteiger charge is 2.20. The first-order chi connectivity index (χ1) is 14.0. The second-order valence-corrected chi connectivity index (χ2v) is 7.03. The van der Waals surface area contributed by atoms with Gasteiger partial charge in [0.15, 0.2) is 17.3 Å². The van der Waals surface area contributed by atoms with Crippen LogP contribution in [-0.2, 0) is 4.79 Å². The van der Waals surface area contributed by atoms with Crippen LogP contribution in [0.3, 0.4) is 0 Å². The summed E-state index contributed by atoms with van der Waals surface area (Å²) in [7, 11) is 0. The Hall–Kier alpha value is -3.48. The van der Waals surface area contributed by atoms with Gasteiger partial charge in [-0.25, -0.2) is 0 Å². The van der Waals surface area contributed by atoms with E-state index in [1.165, 1.54) is 6.08 Å². The number of hydrogen-bond acceptors (Lipinski definition) is 5. The second-order valence-electron chi connectivity index (χ2n) is 7.03. The number of aromatic nitrogens is 2. The van der Waals surface area contributed by atoms with Crippen molar-refractivity contribution in [3.05, 3.63) is 65.2 Å². The van der Waals surface area contributed by atoms with Crippen molar-refractivity contribution in [1.82, 2.24) is 15.0 Å². The number of aryl methyl sites for hydroxylation is 2. The zero-order chi connectivity index (χ0) is 20.4. The first-order valence-corrected chi connectivity index (χ1v) is 9.48. The molecule has 7 nitrogen and oxygen atoms in total. The third-order valence-corrected chi connectivity index (χ3v) is 4.80. The van der Waals surface area contributed by atoms with Gasteiger partial charge in [-0.3, -0.25) is 9.36 Å². The van der Waals surface area contributed by atoms with Crippen LogP contribution in [0.25, 0.3) is 11.9 Å². The van der Waals surface area contributed by atoms with Crippen molar-refractivity contribution in [1.29, 1.82) is 0 Å². The number of nitrogens with zero attached hydrogens (tertiary/aromatic N) is 2. The van der Waals surface area contributed by atoms with E-state index < -0.39 is 0 Å². The molecule has 1 aliphatic rings. The number of benzene rings is 1. The summed E-state index contributed by atoms with van der Waals surface area (Å²) in [5.74, 6) is 2.73. The molecular formula is C22H23N3O4. The van der Waals surface area contributed by atoms with Crippen LogP contribution >= 0.6 is 0 Å². The van der Waals surface area contributed by atoms with Gasteiger partial charge in [0, 0.05) is 23.5 Å². The molecule has 1 aromatic carbocycles. The van der Waals surface area contributed by atoms with Crippen LogP contribution in [0.1, 0.15) is 22.7 Å². The molecule has 0 aliphatic carbocycles. The zero-order valence-corrected chi connectivity index (χ0v) is 16.6. The van der Waals surface area contributed by atoms with Crippen LogP contribution in [0.2, 0.25) is 0 Å². The maximum absolute atomic E-state index is 12.3. The number of amides is 1. The Morgan fingerprint density at radius 2 is 2.03 bits per heavy atom. The summed E-state index contributed by atoms with van der Waals surface area (Å²) in [5.41, 5.74) is 2.95. The maximum Gasteiger partial charge on any atom is 0.244 e. The highest BCUT2D eigenvalue weighted by atomic mass is 16.6. The number of nitrogens with one attached hydrogen (secondary N) is 1. The van der Waals surface area contributed by atoms with E-state index in [9.17, 15) is 4.79 Å². The molecule has 1 N–H and O–H groups in total. The van der Waals surface area contributed by atoms with E-state index in [0.717, 1.165) is 34.3 Å². The van der Waals surface area contributed by atoms with Crippen LogP contribution in [0, 0.1) is 20.8 Å². The molecule has 0 saturated heterocycles. The number of fused-ring (bicyclic) bond motifs is 1. The van der Waals surface area contributed by atoms with Crippen molar-refractivity contribution in [2.45, 2.75) is 26.9 Å². The lowest BCUT2D eigenvalue weighted by atomic mass is 10.2. The Morgan fingerprint density at radius 1 is 1.24 bits per heavy atom. The van der Waals surface area contributed by atoms with Crippen molar-refractivity contribution in [3.8, 4) is 17.3 Å². The fourth-order valence-electron chi connectivity index (χ4n) is 3.37. The van der Waals surface area contributed by atoms with Crippen molar-refractivity contribution in [2.75, 3.05) is 13.2 Å². The topological polar surface area (TPSA) is 78.5 Å². The molecule has 1 aliphatic heterocycles. The molecule has 3 aromatic rings. The molecule has 7 heteroatoms. The molecule has 1 unspecified atom stereocenters. The van der Waals surface area contributed by atoms with Crippen molar-refractivity contribution >= 4 is 12.0 Å². The van der Waals surface area contributed by atoms with Crippen molar-refractivity contribution in [2.24, 2.45) is 0 Å². The van der Waals surface area contributed by atoms with E-state index in [1.807, 2.05) is 61.7 Å². The summed E-state index contributed by atoms with van der Waals surface area (Å²) in [5, 5.41) is 6.94. The van der Waals surface area contributed by atoms with E-state index in [4.69, 9.17) is 14.0 Å². The molecule has 3 heterocycles. The van der Waals surface area contributed by atoms with Gasteiger partial charge in [0.05, 0.1) is 6.54 Å². The second kappa shape index (κ2) is 7.87. The summed E-state index contributed by atoms with van der Waals surface area (Å²) in [6.45, 7) is 6.61. The lowest BCUT2D eigenvalue weighted by Crippen LogP contribution is -2.40. The van der Waals surface area contributed by atoms with Crippen molar-refractivity contribution in [3.63, 3.8) is 0 Å². The number of hydrogen-bond donors (Lipinski definition) is 1. The summed E-state index contributed by atoms with van der Waals surface area (Å²) < 4.78 is 18.7. The molecule has 29 heavy (non-hydrogen) atoms. The molecule has 0 fully saturated rings. The van der Waals surface area contributed by atoms with Gasteiger partial charge in [-0.2, -0.15) is 0 Å². The van der Waals surface area contributed by atoms with E-state index in [1.54, 1.807) is 6.08 Å². The molecule has 0 saturated carbocycles. The minimum Gasteiger partial charge on any atom is -0.486 e. The van der Waals surface area contributed by atoms with E-state index in [-0.39, 0.29) is 12.0 Å². The van der Waals surface area contributed by atoms with Gasteiger partial charge in [-0.15, -0.1) is 0 Å². The van der Waals surface area contributed by atoms with E-state index in [2.05, 4.69) is 10.5 Å². The van der Waals surface area contributed by atoms with Crippen LogP contribution in [0.5, 0.6) is 11.5 Å². The number of para-hydroxylation sites is 2. The third kappa shape index (κ3) is 4.03. The van der Waals surface area contributed by atoms with Gasteiger partial charge in [-0.1, -0.05) is 17.3 Å². The monoisotopic (exact) mass is 393 g/mol. The minimum absolute atomic E-state index is 0.186. The minimum atomic E-state index is -0.220. The Kier molecular flexibility index (Phi) is 5.12. The van der Waals surface area contributed by atoms with Gasteiger partial charge >= 0.3 is 0 Å². The van der Waals surface area contributed by atoms with Gasteiger partial charge in [0.25, 0.3) is 0 Å². The highest BCUT2D eigenvalue weighted by molar-refractivity contribution is 5.91. The lowest BCUT2D eigenvalue weighted by molar-refractivity contribution is -0.116. The van der Waals surface area contributed by atoms with E-state index in [0.29, 0.717) is 18.9 Å². The molecule has 0 spiro atoms. The number of carbonyl (C=O) groups excluding carboxylic acids is 1. The van der Waals surface area contributed by atoms with Gasteiger partial charge in [-0.05, 0) is 50.6 Å². The summed E-state index contributed by atoms with van der Waals surface area (Å²) in [6.07, 6.45) is 3.11. The fourth-order valence-corrected chi connectivity index (χ4v) is 3.37. The number of ether oxygens (including phenoxy) is 2. The average Bonchev–Trinajstić information content (AvgIpc) is 3.26. The number of rotatable bonds is 5. The first kappa shape index (κ1) is 18.9. The van der Waals surface area contributed by atoms with Crippen molar-refractivity contribution < 1.29 is 18.8 Å². The van der Waals surface area contributed by atoms with Gasteiger partial charge in [0.1, 0.15) is 18.5 Å². The highest BCUT2D eigenvalue weighted by Crippen LogP contribution is 2.30. The van der Waals surface area contributed by atoms with Crippen LogP contribution in [0.4, 0.5) is 0 Å². The average molecular weight is 393 g/mol. The summed E-state index contributed by atoms with van der Waals surface area (Å²) >= 11 is 0. The van der Waals surface area contributed by atoms with Crippen LogP contribution in [-0.4, -0.2) is 34.9 Å². The molecule has 0 radical (unpaired) electrons. The van der Waals surface area contributed by atoms with Gasteiger partial charge in [0.2, 0.25) is 5.91 Å². The van der Waals surface area contributed by atoms with E-state index >= 15 is 0 Å². The smallest absolute Gasteiger partial charge is 0.244 e. The largest absolute Gasteiger partial charge is 0.486 e. The fraction of sp³-hybridized carbons (Fsp3) is 0.273. The Bertz CT molecular complexity index is 1060. The molecule has 2 aromatic heterocycles. The SMILES string of the molecule is Cc1cc(-n2c(C)cc(C=CC(=O)NCC3COc4ccccc4O3)c2C)no1. The number of carbonyl (C=O) groups is 1. The summed E-state index contributed by atoms with van der Waals surface area (Å²) in [6, 6.07) is 11.4. The molecule has 150 valence electrons. The normalized spacial score (nSPS) is 15.6. The standard InChI is InChI=1S/C22H23N3O4/c1-14-10-17(16(3)25(14)21-11-15(2)29-24-21)8-9-22(26)23-12-18-13-27-19-6-4-5-7-20(19)28-18/h4-11,18H,12-13H2,1-3H3,(H,23,26). The summed E-state index contributed by atoms with van der Waals surface area (Å²) in [4.78, 5) is 12.3. The maximum atomic E-state index is 12.3. The molecule has 1 atom stereocenters. The van der Waals surface area contributed by atoms with Gasteiger partial charge < -0.3 is 19.3 Å². The Balaban J connectivity index is 1.37. The predicted molar refractivity (Wildman–Crippen MR) is 108 cm³/mol. The third-order valence-electron chi connectivity index (χ3n) is 4.80. The molecule has 1 amide bonds. The molecule has 4 rings (SSSR count). The predicted octanol–water partition coefficient (Wildman–Crippen LogP) is 3.36. The zero-order valence-electron chi connectivity index (χ0n) is 16.6. The Labute approximate surface area is 168 Å². The van der Waals surface area contributed by atoms with Crippen LogP contribution < -0.4 is 14.8 Å². The quantitative estimate of drug-likeness (QED) is 0.673. The molecular weight excluding hydrogens is 370 g/mol. The Morgan fingerprint density at radius 3 is 2.79 bits per heavy atom. The van der Waals surface area contributed by atoms with Crippen LogP contribution in [0.15, 0.2) is 47.0 Å². The molecule has 0 bridgehead atoms. The lowest BCUT2D eigenvalue weighted by Gasteiger charge is -2.26.